The van der Waals surface area contributed by atoms with Crippen molar-refractivity contribution in [3.05, 3.63) is 69.5 Å². The minimum atomic E-state index is -0.202. The Hall–Kier alpha value is -2.85. The summed E-state index contributed by atoms with van der Waals surface area (Å²) in [5.74, 6) is -0.0126. The number of Topliss-reactive ketones (excluding diaryl/α,β-unsaturated/α-hetero) is 1. The van der Waals surface area contributed by atoms with E-state index in [0.717, 1.165) is 27.5 Å². The maximum Gasteiger partial charge on any atom is 0.249 e. The molecule has 2 aromatic heterocycles. The van der Waals surface area contributed by atoms with Crippen LogP contribution in [0.2, 0.25) is 5.02 Å². The Labute approximate surface area is 142 Å². The fourth-order valence-electron chi connectivity index (χ4n) is 2.99. The molecule has 0 fully saturated rings. The highest BCUT2D eigenvalue weighted by atomic mass is 35.5. The molecule has 4 aromatic rings. The van der Waals surface area contributed by atoms with Gasteiger partial charge in [-0.3, -0.25) is 9.59 Å². The van der Waals surface area contributed by atoms with Crippen LogP contribution in [-0.2, 0) is 0 Å². The molecule has 4 rings (SSSR count). The molecule has 2 N–H and O–H groups in total. The van der Waals surface area contributed by atoms with Crippen LogP contribution < -0.4 is 5.56 Å². The van der Waals surface area contributed by atoms with Crippen molar-refractivity contribution in [2.75, 3.05) is 0 Å². The highest BCUT2D eigenvalue weighted by molar-refractivity contribution is 6.31. The Bertz CT molecular complexity index is 1170. The molecule has 0 atom stereocenters. The second-order valence-corrected chi connectivity index (χ2v) is 6.19. The van der Waals surface area contributed by atoms with Crippen LogP contribution in [0.15, 0.2) is 53.3 Å². The van der Waals surface area contributed by atoms with Gasteiger partial charge in [0.2, 0.25) is 5.56 Å². The molecule has 0 amide bonds. The average molecular weight is 337 g/mol. The molecule has 0 saturated heterocycles. The van der Waals surface area contributed by atoms with Crippen molar-refractivity contribution in [3.8, 4) is 11.1 Å². The fraction of sp³-hybridized carbons (Fsp3) is 0.0526. The molecule has 0 spiro atoms. The summed E-state index contributed by atoms with van der Waals surface area (Å²) in [7, 11) is 0. The number of rotatable bonds is 2. The van der Waals surface area contributed by atoms with E-state index in [9.17, 15) is 9.59 Å². The van der Waals surface area contributed by atoms with E-state index < -0.39 is 0 Å². The second kappa shape index (κ2) is 5.35. The van der Waals surface area contributed by atoms with Gasteiger partial charge in [-0.2, -0.15) is 0 Å². The number of carbonyl (C=O) groups excluding carboxylic acids is 1. The summed E-state index contributed by atoms with van der Waals surface area (Å²) in [6.07, 6.45) is 0. The summed E-state index contributed by atoms with van der Waals surface area (Å²) in [4.78, 5) is 30.0. The van der Waals surface area contributed by atoms with Crippen LogP contribution in [0.5, 0.6) is 0 Å². The number of fused-ring (bicyclic) bond motifs is 3. The fourth-order valence-corrected chi connectivity index (χ4v) is 3.16. The highest BCUT2D eigenvalue weighted by Gasteiger charge is 2.13. The van der Waals surface area contributed by atoms with E-state index >= 15 is 0 Å². The molecule has 5 heteroatoms. The van der Waals surface area contributed by atoms with E-state index in [0.29, 0.717) is 16.1 Å². The Morgan fingerprint density at radius 2 is 1.83 bits per heavy atom. The van der Waals surface area contributed by atoms with Gasteiger partial charge in [0.25, 0.3) is 0 Å². The number of halogens is 1. The van der Waals surface area contributed by atoms with Crippen molar-refractivity contribution < 1.29 is 4.79 Å². The first-order valence-corrected chi connectivity index (χ1v) is 7.86. The van der Waals surface area contributed by atoms with E-state index in [4.69, 9.17) is 11.6 Å². The van der Waals surface area contributed by atoms with Gasteiger partial charge in [-0.1, -0.05) is 29.8 Å². The molecule has 0 radical (unpaired) electrons. The largest absolute Gasteiger partial charge is 0.353 e. The van der Waals surface area contributed by atoms with Gasteiger partial charge in [0.15, 0.2) is 5.78 Å². The Balaban J connectivity index is 2.09. The molecule has 0 aliphatic carbocycles. The predicted octanol–water partition coefficient (Wildman–Crippen LogP) is 4.53. The number of pyridine rings is 1. The molecule has 24 heavy (non-hydrogen) atoms. The number of hydrogen-bond donors (Lipinski definition) is 2. The lowest BCUT2D eigenvalue weighted by molar-refractivity contribution is 0.101. The van der Waals surface area contributed by atoms with Crippen molar-refractivity contribution in [1.29, 1.82) is 0 Å². The Morgan fingerprint density at radius 3 is 2.62 bits per heavy atom. The summed E-state index contributed by atoms with van der Waals surface area (Å²) < 4.78 is 0. The summed E-state index contributed by atoms with van der Waals surface area (Å²) in [6, 6.07) is 14.3. The molecule has 2 heterocycles. The van der Waals surface area contributed by atoms with Crippen LogP contribution in [-0.4, -0.2) is 15.8 Å². The number of aromatic amines is 2. The lowest BCUT2D eigenvalue weighted by atomic mass is 10.0. The predicted molar refractivity (Wildman–Crippen MR) is 96.9 cm³/mol. The Kier molecular flexibility index (Phi) is 3.28. The van der Waals surface area contributed by atoms with Crippen LogP contribution >= 0.6 is 11.6 Å². The normalized spacial score (nSPS) is 11.2. The quantitative estimate of drug-likeness (QED) is 0.528. The number of aromatic nitrogens is 2. The average Bonchev–Trinajstić information content (AvgIpc) is 2.92. The van der Waals surface area contributed by atoms with E-state index in [1.54, 1.807) is 24.3 Å². The van der Waals surface area contributed by atoms with Crippen LogP contribution in [0.1, 0.15) is 17.3 Å². The molecule has 2 aromatic carbocycles. The standard InChI is InChI=1S/C19H13ClN2O2/c1-10(23)11-3-2-4-12(7-11)14-9-17(24)22-19-15-8-13(20)5-6-16(15)21-18(14)19/h2-9,21H,1H3,(H,22,24). The van der Waals surface area contributed by atoms with Gasteiger partial charge in [-0.25, -0.2) is 0 Å². The monoisotopic (exact) mass is 336 g/mol. The zero-order valence-electron chi connectivity index (χ0n) is 12.8. The minimum absolute atomic E-state index is 0.0126. The third-order valence-corrected chi connectivity index (χ3v) is 4.37. The number of hydrogen-bond acceptors (Lipinski definition) is 2. The van der Waals surface area contributed by atoms with Crippen molar-refractivity contribution in [1.82, 2.24) is 9.97 Å². The van der Waals surface area contributed by atoms with Gasteiger partial charge >= 0.3 is 0 Å². The summed E-state index contributed by atoms with van der Waals surface area (Å²) >= 11 is 6.08. The molecule has 118 valence electrons. The lowest BCUT2D eigenvalue weighted by Gasteiger charge is -2.05. The van der Waals surface area contributed by atoms with E-state index in [-0.39, 0.29) is 11.3 Å². The first-order chi connectivity index (χ1) is 11.5. The van der Waals surface area contributed by atoms with Gasteiger partial charge in [-0.05, 0) is 36.8 Å². The maximum atomic E-state index is 12.2. The molecule has 0 unspecified atom stereocenters. The van der Waals surface area contributed by atoms with Gasteiger partial charge in [0.1, 0.15) is 0 Å². The van der Waals surface area contributed by atoms with E-state index in [1.165, 1.54) is 6.92 Å². The zero-order valence-corrected chi connectivity index (χ0v) is 13.6. The van der Waals surface area contributed by atoms with Gasteiger partial charge in [0, 0.05) is 33.1 Å². The summed E-state index contributed by atoms with van der Waals surface area (Å²) in [6.45, 7) is 1.53. The number of H-pyrrole nitrogens is 2. The van der Waals surface area contributed by atoms with Crippen molar-refractivity contribution in [2.24, 2.45) is 0 Å². The van der Waals surface area contributed by atoms with Gasteiger partial charge in [-0.15, -0.1) is 0 Å². The molecule has 0 bridgehead atoms. The second-order valence-electron chi connectivity index (χ2n) is 5.75. The first-order valence-electron chi connectivity index (χ1n) is 7.48. The highest BCUT2D eigenvalue weighted by Crippen LogP contribution is 2.32. The Morgan fingerprint density at radius 1 is 1.00 bits per heavy atom. The minimum Gasteiger partial charge on any atom is -0.353 e. The first kappa shape index (κ1) is 14.7. The van der Waals surface area contributed by atoms with E-state index in [2.05, 4.69) is 9.97 Å². The van der Waals surface area contributed by atoms with E-state index in [1.807, 2.05) is 24.3 Å². The smallest absolute Gasteiger partial charge is 0.249 e. The molecular weight excluding hydrogens is 324 g/mol. The van der Waals surface area contributed by atoms with Crippen molar-refractivity contribution in [2.45, 2.75) is 6.92 Å². The molecule has 0 aliphatic rings. The number of ketones is 1. The lowest BCUT2D eigenvalue weighted by Crippen LogP contribution is -2.04. The topological polar surface area (TPSA) is 65.7 Å². The number of carbonyl (C=O) groups is 1. The third-order valence-electron chi connectivity index (χ3n) is 4.13. The summed E-state index contributed by atoms with van der Waals surface area (Å²) in [5.41, 5.74) is 4.39. The van der Waals surface area contributed by atoms with Gasteiger partial charge in [0.05, 0.1) is 11.0 Å². The molecule has 4 nitrogen and oxygen atoms in total. The number of benzene rings is 2. The third kappa shape index (κ3) is 2.32. The summed E-state index contributed by atoms with van der Waals surface area (Å²) in [5, 5.41) is 1.47. The van der Waals surface area contributed by atoms with Crippen LogP contribution in [0.25, 0.3) is 33.1 Å². The van der Waals surface area contributed by atoms with Gasteiger partial charge < -0.3 is 9.97 Å². The SMILES string of the molecule is CC(=O)c1cccc(-c2cc(=O)[nH]c3c2[nH]c2ccc(Cl)cc23)c1. The zero-order chi connectivity index (χ0) is 16.8. The van der Waals surface area contributed by atoms with Crippen LogP contribution in [0, 0.1) is 0 Å². The van der Waals surface area contributed by atoms with Crippen molar-refractivity contribution >= 4 is 39.3 Å². The van der Waals surface area contributed by atoms with Crippen LogP contribution in [0.4, 0.5) is 0 Å². The van der Waals surface area contributed by atoms with Crippen molar-refractivity contribution in [3.63, 3.8) is 0 Å². The maximum absolute atomic E-state index is 12.2. The number of nitrogens with one attached hydrogen (secondary N) is 2. The molecular formula is C19H13ClN2O2. The van der Waals surface area contributed by atoms with Crippen LogP contribution in [0.3, 0.4) is 0 Å². The molecule has 0 aliphatic heterocycles. The molecule has 0 saturated carbocycles.